The Bertz CT molecular complexity index is 638. The first-order chi connectivity index (χ1) is 11.8. The van der Waals surface area contributed by atoms with E-state index in [1.54, 1.807) is 7.11 Å². The maximum atomic E-state index is 5.22. The zero-order chi connectivity index (χ0) is 16.8. The van der Waals surface area contributed by atoms with Crippen LogP contribution in [0.4, 0.5) is 17.5 Å². The van der Waals surface area contributed by atoms with E-state index in [1.165, 1.54) is 5.69 Å². The summed E-state index contributed by atoms with van der Waals surface area (Å²) in [4.78, 5) is 13.7. The van der Waals surface area contributed by atoms with Crippen LogP contribution < -0.4 is 19.9 Å². The zero-order valence-corrected chi connectivity index (χ0v) is 14.4. The van der Waals surface area contributed by atoms with E-state index in [9.17, 15) is 0 Å². The predicted molar refractivity (Wildman–Crippen MR) is 98.2 cm³/mol. The molecule has 1 saturated heterocycles. The zero-order valence-electron chi connectivity index (χ0n) is 14.4. The SMILES string of the molecule is CCCNc1ccnc(N2CCN(c3ccc(OC)cc3)CC2)n1. The number of piperazine rings is 1. The summed E-state index contributed by atoms with van der Waals surface area (Å²) in [7, 11) is 1.69. The molecular formula is C18H25N5O. The van der Waals surface area contributed by atoms with E-state index in [2.05, 4.69) is 44.1 Å². The third-order valence-corrected chi connectivity index (χ3v) is 4.20. The second kappa shape index (κ2) is 7.86. The van der Waals surface area contributed by atoms with Crippen LogP contribution >= 0.6 is 0 Å². The van der Waals surface area contributed by atoms with Crippen molar-refractivity contribution >= 4 is 17.5 Å². The number of hydrogen-bond donors (Lipinski definition) is 1. The molecule has 0 unspecified atom stereocenters. The van der Waals surface area contributed by atoms with Gasteiger partial charge in [-0.05, 0) is 36.8 Å². The quantitative estimate of drug-likeness (QED) is 0.880. The lowest BCUT2D eigenvalue weighted by atomic mass is 10.2. The molecule has 1 aliphatic rings. The fourth-order valence-corrected chi connectivity index (χ4v) is 2.81. The van der Waals surface area contributed by atoms with Crippen LogP contribution in [0.25, 0.3) is 0 Å². The van der Waals surface area contributed by atoms with Crippen molar-refractivity contribution in [1.82, 2.24) is 9.97 Å². The summed E-state index contributed by atoms with van der Waals surface area (Å²) >= 11 is 0. The lowest BCUT2D eigenvalue weighted by Crippen LogP contribution is -2.47. The topological polar surface area (TPSA) is 53.5 Å². The minimum absolute atomic E-state index is 0.811. The molecule has 0 spiro atoms. The molecule has 0 radical (unpaired) electrons. The second-order valence-electron chi connectivity index (χ2n) is 5.84. The van der Waals surface area contributed by atoms with Gasteiger partial charge in [0, 0.05) is 44.6 Å². The first kappa shape index (κ1) is 16.4. The maximum absolute atomic E-state index is 5.22. The summed E-state index contributed by atoms with van der Waals surface area (Å²) in [5.74, 6) is 2.60. The molecule has 0 atom stereocenters. The maximum Gasteiger partial charge on any atom is 0.227 e. The summed E-state index contributed by atoms with van der Waals surface area (Å²) in [5.41, 5.74) is 1.23. The Kier molecular flexibility index (Phi) is 5.36. The molecule has 2 aromatic rings. The number of nitrogens with zero attached hydrogens (tertiary/aromatic N) is 4. The van der Waals surface area contributed by atoms with Gasteiger partial charge in [0.25, 0.3) is 0 Å². The molecule has 1 N–H and O–H groups in total. The molecule has 1 aromatic heterocycles. The van der Waals surface area contributed by atoms with Gasteiger partial charge < -0.3 is 19.9 Å². The number of nitrogens with one attached hydrogen (secondary N) is 1. The van der Waals surface area contributed by atoms with Gasteiger partial charge in [-0.1, -0.05) is 6.92 Å². The molecule has 1 aliphatic heterocycles. The lowest BCUT2D eigenvalue weighted by molar-refractivity contribution is 0.415. The van der Waals surface area contributed by atoms with Gasteiger partial charge >= 0.3 is 0 Å². The third-order valence-electron chi connectivity index (χ3n) is 4.20. The summed E-state index contributed by atoms with van der Waals surface area (Å²) in [6.07, 6.45) is 2.91. The first-order valence-corrected chi connectivity index (χ1v) is 8.51. The Balaban J connectivity index is 1.60. The number of hydrogen-bond acceptors (Lipinski definition) is 6. The average Bonchev–Trinajstić information content (AvgIpc) is 2.67. The molecule has 0 bridgehead atoms. The summed E-state index contributed by atoms with van der Waals surface area (Å²) < 4.78 is 5.22. The lowest BCUT2D eigenvalue weighted by Gasteiger charge is -2.36. The van der Waals surface area contributed by atoms with Crippen LogP contribution in [0.5, 0.6) is 5.75 Å². The summed E-state index contributed by atoms with van der Waals surface area (Å²) in [6, 6.07) is 10.2. The highest BCUT2D eigenvalue weighted by molar-refractivity contribution is 5.51. The molecule has 1 fully saturated rings. The Hall–Kier alpha value is -2.50. The fourth-order valence-electron chi connectivity index (χ4n) is 2.81. The number of anilines is 3. The monoisotopic (exact) mass is 327 g/mol. The second-order valence-corrected chi connectivity index (χ2v) is 5.84. The van der Waals surface area contributed by atoms with Crippen molar-refractivity contribution in [2.75, 3.05) is 55.0 Å². The van der Waals surface area contributed by atoms with E-state index in [-0.39, 0.29) is 0 Å². The van der Waals surface area contributed by atoms with Crippen LogP contribution in [0.2, 0.25) is 0 Å². The van der Waals surface area contributed by atoms with Crippen LogP contribution in [0, 0.1) is 0 Å². The molecule has 0 saturated carbocycles. The van der Waals surface area contributed by atoms with E-state index in [4.69, 9.17) is 4.74 Å². The van der Waals surface area contributed by atoms with E-state index >= 15 is 0 Å². The van der Waals surface area contributed by atoms with Gasteiger partial charge in [-0.2, -0.15) is 4.98 Å². The van der Waals surface area contributed by atoms with Crippen molar-refractivity contribution in [2.24, 2.45) is 0 Å². The van der Waals surface area contributed by atoms with Crippen molar-refractivity contribution in [3.05, 3.63) is 36.5 Å². The number of ether oxygens (including phenoxy) is 1. The van der Waals surface area contributed by atoms with Crippen LogP contribution in [-0.2, 0) is 0 Å². The van der Waals surface area contributed by atoms with E-state index in [1.807, 2.05) is 24.4 Å². The van der Waals surface area contributed by atoms with Crippen molar-refractivity contribution in [2.45, 2.75) is 13.3 Å². The normalized spacial score (nSPS) is 14.6. The van der Waals surface area contributed by atoms with Gasteiger partial charge in [0.05, 0.1) is 7.11 Å². The van der Waals surface area contributed by atoms with Crippen molar-refractivity contribution in [1.29, 1.82) is 0 Å². The highest BCUT2D eigenvalue weighted by atomic mass is 16.5. The van der Waals surface area contributed by atoms with Crippen LogP contribution in [0.1, 0.15) is 13.3 Å². The number of benzene rings is 1. The van der Waals surface area contributed by atoms with Crippen LogP contribution in [0.15, 0.2) is 36.5 Å². The Morgan fingerprint density at radius 2 is 1.75 bits per heavy atom. The van der Waals surface area contributed by atoms with Gasteiger partial charge in [0.2, 0.25) is 5.95 Å². The Morgan fingerprint density at radius 3 is 2.42 bits per heavy atom. The highest BCUT2D eigenvalue weighted by Crippen LogP contribution is 2.21. The minimum Gasteiger partial charge on any atom is -0.497 e. The molecule has 0 aliphatic carbocycles. The Morgan fingerprint density at radius 1 is 1.04 bits per heavy atom. The van der Waals surface area contributed by atoms with E-state index < -0.39 is 0 Å². The molecule has 0 amide bonds. The van der Waals surface area contributed by atoms with Crippen molar-refractivity contribution in [3.63, 3.8) is 0 Å². The van der Waals surface area contributed by atoms with Gasteiger partial charge in [0.15, 0.2) is 0 Å². The van der Waals surface area contributed by atoms with Crippen molar-refractivity contribution in [3.8, 4) is 5.75 Å². The number of aromatic nitrogens is 2. The summed E-state index contributed by atoms with van der Waals surface area (Å²) in [6.45, 7) is 6.84. The molecule has 1 aromatic carbocycles. The number of rotatable bonds is 6. The highest BCUT2D eigenvalue weighted by Gasteiger charge is 2.19. The van der Waals surface area contributed by atoms with Gasteiger partial charge in [-0.15, -0.1) is 0 Å². The molecule has 3 rings (SSSR count). The van der Waals surface area contributed by atoms with Crippen LogP contribution in [-0.4, -0.2) is 49.8 Å². The third kappa shape index (κ3) is 3.88. The molecule has 6 heteroatoms. The van der Waals surface area contributed by atoms with Crippen molar-refractivity contribution < 1.29 is 4.74 Å². The average molecular weight is 327 g/mol. The molecule has 128 valence electrons. The molecule has 2 heterocycles. The largest absolute Gasteiger partial charge is 0.497 e. The number of methoxy groups -OCH3 is 1. The smallest absolute Gasteiger partial charge is 0.227 e. The molecule has 6 nitrogen and oxygen atoms in total. The van der Waals surface area contributed by atoms with Crippen LogP contribution in [0.3, 0.4) is 0 Å². The first-order valence-electron chi connectivity index (χ1n) is 8.51. The molecule has 24 heavy (non-hydrogen) atoms. The fraction of sp³-hybridized carbons (Fsp3) is 0.444. The van der Waals surface area contributed by atoms with Gasteiger partial charge in [-0.3, -0.25) is 0 Å². The standard InChI is InChI=1S/C18H25N5O/c1-3-9-19-17-8-10-20-18(21-17)23-13-11-22(12-14-23)15-4-6-16(24-2)7-5-15/h4-8,10H,3,9,11-14H2,1-2H3,(H,19,20,21). The van der Waals surface area contributed by atoms with Gasteiger partial charge in [0.1, 0.15) is 11.6 Å². The Labute approximate surface area is 143 Å². The predicted octanol–water partition coefficient (Wildman–Crippen LogP) is 2.63. The summed E-state index contributed by atoms with van der Waals surface area (Å²) in [5, 5.41) is 3.32. The molecular weight excluding hydrogens is 302 g/mol. The minimum atomic E-state index is 0.811. The van der Waals surface area contributed by atoms with E-state index in [0.717, 1.165) is 56.7 Å². The van der Waals surface area contributed by atoms with E-state index in [0.29, 0.717) is 0 Å². The van der Waals surface area contributed by atoms with Gasteiger partial charge in [-0.25, -0.2) is 4.98 Å².